The average Bonchev–Trinajstić information content (AvgIpc) is 3.24. The minimum Gasteiger partial charge on any atom is -0.494 e. The van der Waals surface area contributed by atoms with Crippen molar-refractivity contribution < 1.29 is 14.3 Å². The number of amides is 1. The van der Waals surface area contributed by atoms with Crippen molar-refractivity contribution in [3.8, 4) is 11.5 Å². The Bertz CT molecular complexity index is 1230. The van der Waals surface area contributed by atoms with Gasteiger partial charge < -0.3 is 14.8 Å². The van der Waals surface area contributed by atoms with Gasteiger partial charge in [-0.3, -0.25) is 15.6 Å². The minimum absolute atomic E-state index is 0.221. The SMILES string of the molecule is COc1cccc2sc(NC(=S)NNC(=O)c3ccc(OCc4ccccc4)cc3)nc12. The lowest BCUT2D eigenvalue weighted by molar-refractivity contribution is 0.0944. The monoisotopic (exact) mass is 464 g/mol. The van der Waals surface area contributed by atoms with Gasteiger partial charge in [0.15, 0.2) is 10.2 Å². The number of nitrogens with one attached hydrogen (secondary N) is 3. The smallest absolute Gasteiger partial charge is 0.269 e. The summed E-state index contributed by atoms with van der Waals surface area (Å²) >= 11 is 6.68. The highest BCUT2D eigenvalue weighted by molar-refractivity contribution is 7.80. The largest absolute Gasteiger partial charge is 0.494 e. The molecule has 0 radical (unpaired) electrons. The Morgan fingerprint density at radius 2 is 1.78 bits per heavy atom. The van der Waals surface area contributed by atoms with E-state index in [2.05, 4.69) is 21.2 Å². The number of thiazole rings is 1. The standard InChI is InChI=1S/C23H20N4O3S2/c1-29-18-8-5-9-19-20(18)24-23(32-19)25-22(31)27-26-21(28)16-10-12-17(13-11-16)30-14-15-6-3-2-4-7-15/h2-13H,14H2,1H3,(H,26,28)(H2,24,25,27,31). The molecule has 4 aromatic rings. The van der Waals surface area contributed by atoms with Gasteiger partial charge in [0, 0.05) is 5.56 Å². The molecule has 0 saturated carbocycles. The molecule has 1 amide bonds. The molecule has 0 atom stereocenters. The fourth-order valence-electron chi connectivity index (χ4n) is 2.90. The van der Waals surface area contributed by atoms with E-state index in [1.807, 2.05) is 48.5 Å². The van der Waals surface area contributed by atoms with Crippen LogP contribution in [0.2, 0.25) is 0 Å². The Morgan fingerprint density at radius 3 is 2.53 bits per heavy atom. The van der Waals surface area contributed by atoms with E-state index < -0.39 is 0 Å². The molecule has 0 spiro atoms. The van der Waals surface area contributed by atoms with Crippen molar-refractivity contribution in [2.75, 3.05) is 12.4 Å². The molecule has 0 bridgehead atoms. The van der Waals surface area contributed by atoms with Gasteiger partial charge in [0.05, 0.1) is 11.8 Å². The molecule has 1 heterocycles. The van der Waals surface area contributed by atoms with E-state index in [1.54, 1.807) is 31.4 Å². The summed E-state index contributed by atoms with van der Waals surface area (Å²) in [6.45, 7) is 0.464. The maximum atomic E-state index is 12.4. The van der Waals surface area contributed by atoms with Gasteiger partial charge in [-0.05, 0) is 54.2 Å². The first-order chi connectivity index (χ1) is 15.6. The fraction of sp³-hybridized carbons (Fsp3) is 0.0870. The van der Waals surface area contributed by atoms with Crippen LogP contribution in [0.25, 0.3) is 10.2 Å². The van der Waals surface area contributed by atoms with E-state index in [-0.39, 0.29) is 11.0 Å². The Kier molecular flexibility index (Phi) is 6.78. The molecule has 3 aromatic carbocycles. The number of fused-ring (bicyclic) bond motifs is 1. The topological polar surface area (TPSA) is 84.5 Å². The van der Waals surface area contributed by atoms with Crippen molar-refractivity contribution in [3.63, 3.8) is 0 Å². The molecule has 0 aliphatic carbocycles. The summed E-state index contributed by atoms with van der Waals surface area (Å²) in [4.78, 5) is 16.9. The van der Waals surface area contributed by atoms with Crippen molar-refractivity contribution in [3.05, 3.63) is 83.9 Å². The van der Waals surface area contributed by atoms with Crippen LogP contribution >= 0.6 is 23.6 Å². The van der Waals surface area contributed by atoms with Gasteiger partial charge in [0.2, 0.25) is 0 Å². The zero-order valence-electron chi connectivity index (χ0n) is 17.1. The van der Waals surface area contributed by atoms with Crippen LogP contribution in [0.5, 0.6) is 11.5 Å². The number of benzene rings is 3. The summed E-state index contributed by atoms with van der Waals surface area (Å²) in [6.07, 6.45) is 0. The van der Waals surface area contributed by atoms with Crippen molar-refractivity contribution >= 4 is 49.9 Å². The van der Waals surface area contributed by atoms with E-state index in [1.165, 1.54) is 11.3 Å². The Labute approximate surface area is 194 Å². The molecule has 0 aliphatic heterocycles. The number of carbonyl (C=O) groups is 1. The van der Waals surface area contributed by atoms with Crippen molar-refractivity contribution in [1.82, 2.24) is 15.8 Å². The summed E-state index contributed by atoms with van der Waals surface area (Å²) < 4.78 is 12.0. The summed E-state index contributed by atoms with van der Waals surface area (Å²) in [5.41, 5.74) is 7.56. The third-order valence-corrected chi connectivity index (χ3v) is 5.62. The van der Waals surface area contributed by atoms with E-state index in [4.69, 9.17) is 21.7 Å². The quantitative estimate of drug-likeness (QED) is 0.286. The summed E-state index contributed by atoms with van der Waals surface area (Å²) in [6, 6.07) is 22.5. The average molecular weight is 465 g/mol. The number of carbonyl (C=O) groups excluding carboxylic acids is 1. The molecule has 1 aromatic heterocycles. The van der Waals surface area contributed by atoms with Crippen LogP contribution in [0, 0.1) is 0 Å². The van der Waals surface area contributed by atoms with Crippen molar-refractivity contribution in [2.45, 2.75) is 6.61 Å². The van der Waals surface area contributed by atoms with Gasteiger partial charge >= 0.3 is 0 Å². The van der Waals surface area contributed by atoms with Crippen molar-refractivity contribution in [1.29, 1.82) is 0 Å². The molecule has 3 N–H and O–H groups in total. The number of methoxy groups -OCH3 is 1. The molecule has 0 unspecified atom stereocenters. The second kappa shape index (κ2) is 10.1. The lowest BCUT2D eigenvalue weighted by Crippen LogP contribution is -2.43. The third-order valence-electron chi connectivity index (χ3n) is 4.48. The predicted octanol–water partition coefficient (Wildman–Crippen LogP) is 4.52. The molecule has 4 rings (SSSR count). The lowest BCUT2D eigenvalue weighted by Gasteiger charge is -2.10. The predicted molar refractivity (Wildman–Crippen MR) is 130 cm³/mol. The second-order valence-electron chi connectivity index (χ2n) is 6.66. The number of anilines is 1. The molecule has 0 aliphatic rings. The van der Waals surface area contributed by atoms with Crippen molar-refractivity contribution in [2.24, 2.45) is 0 Å². The zero-order valence-corrected chi connectivity index (χ0v) is 18.8. The molecule has 0 saturated heterocycles. The van der Waals surface area contributed by atoms with Gasteiger partial charge in [-0.25, -0.2) is 4.98 Å². The molecular weight excluding hydrogens is 444 g/mol. The highest BCUT2D eigenvalue weighted by Gasteiger charge is 2.11. The number of rotatable bonds is 6. The Morgan fingerprint density at radius 1 is 1.00 bits per heavy atom. The number of hydrazine groups is 1. The van der Waals surface area contributed by atoms with Crippen LogP contribution in [0.15, 0.2) is 72.8 Å². The van der Waals surface area contributed by atoms with E-state index in [9.17, 15) is 4.79 Å². The molecular formula is C23H20N4O3S2. The normalized spacial score (nSPS) is 10.4. The van der Waals surface area contributed by atoms with Gasteiger partial charge in [-0.15, -0.1) is 0 Å². The molecule has 7 nitrogen and oxygen atoms in total. The fourth-order valence-corrected chi connectivity index (χ4v) is 4.00. The Hall–Kier alpha value is -3.69. The first-order valence-electron chi connectivity index (χ1n) is 9.70. The third kappa shape index (κ3) is 5.32. The van der Waals surface area contributed by atoms with E-state index in [0.29, 0.717) is 28.8 Å². The number of para-hydroxylation sites is 1. The molecule has 32 heavy (non-hydrogen) atoms. The van der Waals surface area contributed by atoms with E-state index >= 15 is 0 Å². The zero-order chi connectivity index (χ0) is 22.3. The van der Waals surface area contributed by atoms with Gasteiger partial charge in [0.25, 0.3) is 5.91 Å². The first-order valence-corrected chi connectivity index (χ1v) is 10.9. The summed E-state index contributed by atoms with van der Waals surface area (Å²) in [5, 5.41) is 3.78. The lowest BCUT2D eigenvalue weighted by atomic mass is 10.2. The molecule has 9 heteroatoms. The van der Waals surface area contributed by atoms with Crippen LogP contribution in [-0.2, 0) is 6.61 Å². The number of nitrogens with zero attached hydrogens (tertiary/aromatic N) is 1. The number of aromatic nitrogens is 1. The summed E-state index contributed by atoms with van der Waals surface area (Å²) in [5.74, 6) is 1.05. The highest BCUT2D eigenvalue weighted by atomic mass is 32.1. The van der Waals surface area contributed by atoms with Gasteiger partial charge in [-0.2, -0.15) is 0 Å². The maximum absolute atomic E-state index is 12.4. The van der Waals surface area contributed by atoms with Crippen LogP contribution in [0.3, 0.4) is 0 Å². The van der Waals surface area contributed by atoms with Gasteiger partial charge in [0.1, 0.15) is 23.6 Å². The van der Waals surface area contributed by atoms with Crippen LogP contribution in [-0.4, -0.2) is 23.1 Å². The second-order valence-corrected chi connectivity index (χ2v) is 8.10. The number of hydrogen-bond donors (Lipinski definition) is 3. The summed E-state index contributed by atoms with van der Waals surface area (Å²) in [7, 11) is 1.60. The van der Waals surface area contributed by atoms with Crippen LogP contribution in [0.4, 0.5) is 5.13 Å². The number of ether oxygens (including phenoxy) is 2. The first kappa shape index (κ1) is 21.5. The van der Waals surface area contributed by atoms with Crippen LogP contribution in [0.1, 0.15) is 15.9 Å². The van der Waals surface area contributed by atoms with Crippen LogP contribution < -0.4 is 25.6 Å². The van der Waals surface area contributed by atoms with E-state index in [0.717, 1.165) is 15.8 Å². The van der Waals surface area contributed by atoms with Gasteiger partial charge in [-0.1, -0.05) is 47.7 Å². The number of hydrogen-bond acceptors (Lipinski definition) is 6. The Balaban J connectivity index is 1.28. The number of thiocarbonyl (C=S) groups is 1. The molecule has 162 valence electrons. The molecule has 0 fully saturated rings. The minimum atomic E-state index is -0.324. The maximum Gasteiger partial charge on any atom is 0.269 e. The highest BCUT2D eigenvalue weighted by Crippen LogP contribution is 2.31.